The quantitative estimate of drug-likeness (QED) is 0.418. The van der Waals surface area contributed by atoms with Gasteiger partial charge in [-0.25, -0.2) is 4.98 Å². The third-order valence-electron chi connectivity index (χ3n) is 4.48. The Morgan fingerprint density at radius 1 is 0.967 bits per heavy atom. The van der Waals surface area contributed by atoms with Crippen LogP contribution in [0.15, 0.2) is 81.8 Å². The smallest absolute Gasteiger partial charge is 0.322 e. The Balaban J connectivity index is 1.52. The SMILES string of the molecule is O=C(Nc1nnc(-c2ccco2)o1)c1cc(-c2ccc(Cl)cc2)nc2ccccc12. The standard InChI is InChI=1S/C22H13ClN4O3/c23-14-9-7-13(8-10-14)18-12-16(15-4-1-2-5-17(15)24-18)20(28)25-22-27-26-21(30-22)19-6-3-11-29-19/h1-12H,(H,25,27,28). The monoisotopic (exact) mass is 416 g/mol. The Kier molecular flexibility index (Phi) is 4.49. The van der Waals surface area contributed by atoms with Crippen molar-refractivity contribution in [3.8, 4) is 22.9 Å². The Bertz CT molecular complexity index is 1340. The lowest BCUT2D eigenvalue weighted by molar-refractivity contribution is 0.102. The second-order valence-electron chi connectivity index (χ2n) is 6.42. The average molecular weight is 417 g/mol. The number of para-hydroxylation sites is 1. The Hall–Kier alpha value is -3.97. The minimum Gasteiger partial charge on any atom is -0.459 e. The molecule has 0 spiro atoms. The van der Waals surface area contributed by atoms with Crippen LogP contribution in [-0.4, -0.2) is 21.1 Å². The highest BCUT2D eigenvalue weighted by Crippen LogP contribution is 2.27. The molecule has 5 rings (SSSR count). The van der Waals surface area contributed by atoms with Gasteiger partial charge in [0.2, 0.25) is 0 Å². The Labute approximate surface area is 175 Å². The van der Waals surface area contributed by atoms with Crippen LogP contribution in [0.25, 0.3) is 33.8 Å². The van der Waals surface area contributed by atoms with Gasteiger partial charge in [0.1, 0.15) is 0 Å². The van der Waals surface area contributed by atoms with Gasteiger partial charge < -0.3 is 8.83 Å². The summed E-state index contributed by atoms with van der Waals surface area (Å²) in [6.07, 6.45) is 1.50. The lowest BCUT2D eigenvalue weighted by atomic mass is 10.0. The fraction of sp³-hybridized carbons (Fsp3) is 0. The van der Waals surface area contributed by atoms with E-state index in [1.54, 1.807) is 30.3 Å². The number of amides is 1. The molecule has 7 nitrogen and oxygen atoms in total. The molecular weight excluding hydrogens is 404 g/mol. The summed E-state index contributed by atoms with van der Waals surface area (Å²) in [7, 11) is 0. The van der Waals surface area contributed by atoms with Crippen molar-refractivity contribution >= 4 is 34.4 Å². The molecule has 0 atom stereocenters. The van der Waals surface area contributed by atoms with Gasteiger partial charge in [0.15, 0.2) is 5.76 Å². The van der Waals surface area contributed by atoms with Gasteiger partial charge in [0.05, 0.1) is 23.0 Å². The van der Waals surface area contributed by atoms with Crippen molar-refractivity contribution in [1.82, 2.24) is 15.2 Å². The van der Waals surface area contributed by atoms with E-state index in [9.17, 15) is 4.79 Å². The molecule has 30 heavy (non-hydrogen) atoms. The molecule has 0 aliphatic carbocycles. The minimum absolute atomic E-state index is 0.0275. The van der Waals surface area contributed by atoms with Crippen molar-refractivity contribution in [3.05, 3.63) is 83.6 Å². The number of furan rings is 1. The van der Waals surface area contributed by atoms with Crippen LogP contribution in [-0.2, 0) is 0 Å². The zero-order chi connectivity index (χ0) is 20.5. The van der Waals surface area contributed by atoms with Gasteiger partial charge in [-0.05, 0) is 36.4 Å². The summed E-state index contributed by atoms with van der Waals surface area (Å²) in [5, 5.41) is 11.7. The molecule has 0 unspecified atom stereocenters. The van der Waals surface area contributed by atoms with Crippen LogP contribution in [0.3, 0.4) is 0 Å². The van der Waals surface area contributed by atoms with E-state index >= 15 is 0 Å². The van der Waals surface area contributed by atoms with Gasteiger partial charge in [0, 0.05) is 16.0 Å². The Morgan fingerprint density at radius 3 is 2.60 bits per heavy atom. The molecule has 1 amide bonds. The summed E-state index contributed by atoms with van der Waals surface area (Å²) in [6, 6.07) is 19.8. The molecule has 5 aromatic rings. The number of anilines is 1. The molecule has 3 aromatic heterocycles. The van der Waals surface area contributed by atoms with E-state index in [0.29, 0.717) is 32.9 Å². The fourth-order valence-corrected chi connectivity index (χ4v) is 3.20. The maximum Gasteiger partial charge on any atom is 0.322 e. The van der Waals surface area contributed by atoms with Crippen LogP contribution in [0.1, 0.15) is 10.4 Å². The van der Waals surface area contributed by atoms with Gasteiger partial charge in [-0.3, -0.25) is 10.1 Å². The van der Waals surface area contributed by atoms with Gasteiger partial charge in [-0.2, -0.15) is 0 Å². The maximum atomic E-state index is 13.1. The van der Waals surface area contributed by atoms with Crippen LogP contribution in [0.4, 0.5) is 6.01 Å². The average Bonchev–Trinajstić information content (AvgIpc) is 3.45. The molecule has 8 heteroatoms. The molecular formula is C22H13ClN4O3. The van der Waals surface area contributed by atoms with E-state index in [1.807, 2.05) is 36.4 Å². The predicted octanol–water partition coefficient (Wildman–Crippen LogP) is 5.45. The molecule has 0 radical (unpaired) electrons. The second-order valence-corrected chi connectivity index (χ2v) is 6.86. The maximum absolute atomic E-state index is 13.1. The fourth-order valence-electron chi connectivity index (χ4n) is 3.07. The normalized spacial score (nSPS) is 11.0. The highest BCUT2D eigenvalue weighted by molar-refractivity contribution is 6.30. The van der Waals surface area contributed by atoms with Crippen LogP contribution in [0.5, 0.6) is 0 Å². The van der Waals surface area contributed by atoms with Crippen molar-refractivity contribution in [2.75, 3.05) is 5.32 Å². The molecule has 3 heterocycles. The summed E-state index contributed by atoms with van der Waals surface area (Å²) in [4.78, 5) is 17.7. The van der Waals surface area contributed by atoms with Crippen molar-refractivity contribution < 1.29 is 13.6 Å². The number of rotatable bonds is 4. The number of pyridine rings is 1. The van der Waals surface area contributed by atoms with Gasteiger partial charge in [-0.1, -0.05) is 47.0 Å². The number of hydrogen-bond acceptors (Lipinski definition) is 6. The van der Waals surface area contributed by atoms with E-state index < -0.39 is 5.91 Å². The number of nitrogens with one attached hydrogen (secondary N) is 1. The third-order valence-corrected chi connectivity index (χ3v) is 4.73. The van der Waals surface area contributed by atoms with Crippen molar-refractivity contribution in [3.63, 3.8) is 0 Å². The molecule has 146 valence electrons. The lowest BCUT2D eigenvalue weighted by Gasteiger charge is -2.09. The number of hydrogen-bond donors (Lipinski definition) is 1. The first-order valence-corrected chi connectivity index (χ1v) is 9.39. The molecule has 0 saturated carbocycles. The van der Waals surface area contributed by atoms with Crippen LogP contribution in [0, 0.1) is 0 Å². The number of carbonyl (C=O) groups is 1. The lowest BCUT2D eigenvalue weighted by Crippen LogP contribution is -2.13. The third kappa shape index (κ3) is 3.42. The molecule has 0 saturated heterocycles. The number of benzene rings is 2. The van der Waals surface area contributed by atoms with E-state index in [4.69, 9.17) is 20.4 Å². The van der Waals surface area contributed by atoms with E-state index in [0.717, 1.165) is 5.56 Å². The van der Waals surface area contributed by atoms with E-state index in [1.165, 1.54) is 6.26 Å². The summed E-state index contributed by atoms with van der Waals surface area (Å²) < 4.78 is 10.7. The summed E-state index contributed by atoms with van der Waals surface area (Å²) in [5.41, 5.74) is 2.62. The number of halogens is 1. The van der Waals surface area contributed by atoms with Crippen molar-refractivity contribution in [1.29, 1.82) is 0 Å². The number of nitrogens with zero attached hydrogens (tertiary/aromatic N) is 3. The molecule has 2 aromatic carbocycles. The number of carbonyl (C=O) groups excluding carboxylic acids is 1. The first kappa shape index (κ1) is 18.1. The highest BCUT2D eigenvalue weighted by Gasteiger charge is 2.18. The first-order chi connectivity index (χ1) is 14.7. The van der Waals surface area contributed by atoms with Gasteiger partial charge in [0.25, 0.3) is 11.8 Å². The van der Waals surface area contributed by atoms with E-state index in [-0.39, 0.29) is 11.9 Å². The topological polar surface area (TPSA) is 94.1 Å². The van der Waals surface area contributed by atoms with Crippen molar-refractivity contribution in [2.45, 2.75) is 0 Å². The molecule has 0 fully saturated rings. The van der Waals surface area contributed by atoms with Gasteiger partial charge in [-0.15, -0.1) is 5.10 Å². The largest absolute Gasteiger partial charge is 0.459 e. The first-order valence-electron chi connectivity index (χ1n) is 9.02. The summed E-state index contributed by atoms with van der Waals surface area (Å²) in [5.74, 6) is 0.206. The number of fused-ring (bicyclic) bond motifs is 1. The minimum atomic E-state index is -0.390. The van der Waals surface area contributed by atoms with E-state index in [2.05, 4.69) is 20.5 Å². The Morgan fingerprint density at radius 2 is 1.80 bits per heavy atom. The molecule has 0 aliphatic rings. The molecule has 0 aliphatic heterocycles. The van der Waals surface area contributed by atoms with Crippen LogP contribution >= 0.6 is 11.6 Å². The predicted molar refractivity (Wildman–Crippen MR) is 112 cm³/mol. The molecule has 0 bridgehead atoms. The summed E-state index contributed by atoms with van der Waals surface area (Å²) in [6.45, 7) is 0. The number of aromatic nitrogens is 3. The van der Waals surface area contributed by atoms with Crippen LogP contribution in [0.2, 0.25) is 5.02 Å². The molecule has 1 N–H and O–H groups in total. The zero-order valence-corrected chi connectivity index (χ0v) is 16.1. The van der Waals surface area contributed by atoms with Crippen molar-refractivity contribution in [2.24, 2.45) is 0 Å². The highest BCUT2D eigenvalue weighted by atomic mass is 35.5. The second kappa shape index (κ2) is 7.46. The zero-order valence-electron chi connectivity index (χ0n) is 15.4. The van der Waals surface area contributed by atoms with Crippen LogP contribution < -0.4 is 5.32 Å². The summed E-state index contributed by atoms with van der Waals surface area (Å²) >= 11 is 5.99. The van der Waals surface area contributed by atoms with Gasteiger partial charge >= 0.3 is 6.01 Å².